The molecule has 1 heterocycles. The monoisotopic (exact) mass is 338 g/mol. The molecule has 6 heteroatoms. The van der Waals surface area contributed by atoms with Gasteiger partial charge in [0.2, 0.25) is 0 Å². The van der Waals surface area contributed by atoms with E-state index in [2.05, 4.69) is 10.6 Å². The van der Waals surface area contributed by atoms with Crippen LogP contribution in [0.4, 0.5) is 10.5 Å². The quantitative estimate of drug-likeness (QED) is 0.867. The van der Waals surface area contributed by atoms with Crippen LogP contribution in [-0.2, 0) is 21.3 Å². The number of rotatable bonds is 5. The van der Waals surface area contributed by atoms with E-state index in [1.807, 2.05) is 45.0 Å². The van der Waals surface area contributed by atoms with Crippen LogP contribution in [-0.4, -0.2) is 34.2 Å². The van der Waals surface area contributed by atoms with Crippen LogP contribution in [0, 0.1) is 0 Å². The molecule has 1 aliphatic heterocycles. The number of benzene rings is 1. The van der Waals surface area contributed by atoms with E-state index in [0.717, 1.165) is 25.0 Å². The Labute approximate surface area is 140 Å². The zero-order valence-corrected chi connectivity index (χ0v) is 14.9. The Bertz CT molecular complexity index is 563. The van der Waals surface area contributed by atoms with Crippen molar-refractivity contribution in [3.8, 4) is 0 Å². The minimum absolute atomic E-state index is 0.126. The molecule has 2 amide bonds. The SMILES string of the molecule is CC(C)(C)[S@@](=O)Cc1cccc(NC(=O)NC[C@@H]2CCCO2)c1. The first-order valence-corrected chi connectivity index (χ1v) is 9.30. The maximum Gasteiger partial charge on any atom is 0.319 e. The summed E-state index contributed by atoms with van der Waals surface area (Å²) in [6.45, 7) is 7.19. The molecular weight excluding hydrogens is 312 g/mol. The summed E-state index contributed by atoms with van der Waals surface area (Å²) in [5.41, 5.74) is 1.66. The van der Waals surface area contributed by atoms with Gasteiger partial charge in [-0.2, -0.15) is 0 Å². The minimum Gasteiger partial charge on any atom is -0.376 e. The van der Waals surface area contributed by atoms with E-state index in [0.29, 0.717) is 18.0 Å². The Morgan fingerprint density at radius 3 is 2.83 bits per heavy atom. The van der Waals surface area contributed by atoms with Crippen molar-refractivity contribution in [2.24, 2.45) is 0 Å². The lowest BCUT2D eigenvalue weighted by Gasteiger charge is -2.18. The van der Waals surface area contributed by atoms with Crippen molar-refractivity contribution in [2.45, 2.75) is 50.2 Å². The van der Waals surface area contributed by atoms with E-state index >= 15 is 0 Å². The average molecular weight is 338 g/mol. The van der Waals surface area contributed by atoms with Crippen molar-refractivity contribution < 1.29 is 13.7 Å². The molecule has 0 aromatic heterocycles. The van der Waals surface area contributed by atoms with Gasteiger partial charge in [0.1, 0.15) is 0 Å². The summed E-state index contributed by atoms with van der Waals surface area (Å²) in [6.07, 6.45) is 2.18. The van der Waals surface area contributed by atoms with Gasteiger partial charge in [-0.3, -0.25) is 4.21 Å². The third-order valence-corrected chi connectivity index (χ3v) is 5.64. The van der Waals surface area contributed by atoms with Crippen LogP contribution < -0.4 is 10.6 Å². The second-order valence-corrected chi connectivity index (χ2v) is 8.98. The van der Waals surface area contributed by atoms with Gasteiger partial charge in [0, 0.05) is 40.1 Å². The molecule has 1 saturated heterocycles. The van der Waals surface area contributed by atoms with Crippen LogP contribution in [0.3, 0.4) is 0 Å². The second kappa shape index (κ2) is 7.93. The number of nitrogens with one attached hydrogen (secondary N) is 2. The molecule has 0 saturated carbocycles. The van der Waals surface area contributed by atoms with Gasteiger partial charge in [-0.1, -0.05) is 12.1 Å². The highest BCUT2D eigenvalue weighted by atomic mass is 32.2. The zero-order valence-electron chi connectivity index (χ0n) is 14.1. The zero-order chi connectivity index (χ0) is 16.9. The fourth-order valence-electron chi connectivity index (χ4n) is 2.29. The van der Waals surface area contributed by atoms with Crippen molar-refractivity contribution in [1.29, 1.82) is 0 Å². The summed E-state index contributed by atoms with van der Waals surface area (Å²) < 4.78 is 17.4. The molecule has 0 unspecified atom stereocenters. The number of carbonyl (C=O) groups excluding carboxylic acids is 1. The molecular formula is C17H26N2O3S. The van der Waals surface area contributed by atoms with Crippen molar-refractivity contribution in [3.63, 3.8) is 0 Å². The van der Waals surface area contributed by atoms with Gasteiger partial charge in [0.05, 0.1) is 6.10 Å². The smallest absolute Gasteiger partial charge is 0.319 e. The number of ether oxygens (including phenoxy) is 1. The van der Waals surface area contributed by atoms with E-state index in [-0.39, 0.29) is 16.9 Å². The first kappa shape index (κ1) is 17.9. The van der Waals surface area contributed by atoms with Gasteiger partial charge >= 0.3 is 6.03 Å². The Hall–Kier alpha value is -1.40. The van der Waals surface area contributed by atoms with E-state index < -0.39 is 10.8 Å². The molecule has 0 spiro atoms. The maximum absolute atomic E-state index is 12.2. The number of hydrogen-bond donors (Lipinski definition) is 2. The summed E-state index contributed by atoms with van der Waals surface area (Å²) in [7, 11) is -0.959. The summed E-state index contributed by atoms with van der Waals surface area (Å²) >= 11 is 0. The minimum atomic E-state index is -0.959. The Morgan fingerprint density at radius 2 is 2.17 bits per heavy atom. The standard InChI is InChI=1S/C17H26N2O3S/c1-17(2,3)23(21)12-13-6-4-7-14(10-13)19-16(20)18-11-15-8-5-9-22-15/h4,6-7,10,15H,5,8-9,11-12H2,1-3H3,(H2,18,19,20)/t15-,23-/m0/s1. The fraction of sp³-hybridized carbons (Fsp3) is 0.588. The Morgan fingerprint density at radius 1 is 1.39 bits per heavy atom. The topological polar surface area (TPSA) is 67.4 Å². The van der Waals surface area contributed by atoms with Crippen LogP contribution in [0.5, 0.6) is 0 Å². The van der Waals surface area contributed by atoms with Crippen LogP contribution in [0.15, 0.2) is 24.3 Å². The van der Waals surface area contributed by atoms with Gasteiger partial charge in [0.15, 0.2) is 0 Å². The van der Waals surface area contributed by atoms with Gasteiger partial charge in [-0.15, -0.1) is 0 Å². The van der Waals surface area contributed by atoms with E-state index in [4.69, 9.17) is 4.74 Å². The highest BCUT2D eigenvalue weighted by molar-refractivity contribution is 7.85. The molecule has 1 aromatic rings. The van der Waals surface area contributed by atoms with Crippen LogP contribution in [0.25, 0.3) is 0 Å². The predicted molar refractivity (Wildman–Crippen MR) is 94.0 cm³/mol. The second-order valence-electron chi connectivity index (χ2n) is 6.77. The van der Waals surface area contributed by atoms with Crippen molar-refractivity contribution >= 4 is 22.5 Å². The third kappa shape index (κ3) is 5.95. The molecule has 1 fully saturated rings. The molecule has 2 N–H and O–H groups in total. The predicted octanol–water partition coefficient (Wildman–Crippen LogP) is 3.03. The molecule has 0 aliphatic carbocycles. The summed E-state index contributed by atoms with van der Waals surface area (Å²) in [4.78, 5) is 11.9. The van der Waals surface area contributed by atoms with E-state index in [1.54, 1.807) is 0 Å². The molecule has 2 rings (SSSR count). The van der Waals surface area contributed by atoms with E-state index in [1.165, 1.54) is 0 Å². The Kier molecular flexibility index (Phi) is 6.18. The molecule has 0 radical (unpaired) electrons. The fourth-order valence-corrected chi connectivity index (χ4v) is 3.21. The number of hydrogen-bond acceptors (Lipinski definition) is 3. The van der Waals surface area contributed by atoms with E-state index in [9.17, 15) is 9.00 Å². The Balaban J connectivity index is 1.86. The lowest BCUT2D eigenvalue weighted by molar-refractivity contribution is 0.112. The number of urea groups is 1. The maximum atomic E-state index is 12.2. The van der Waals surface area contributed by atoms with Crippen molar-refractivity contribution in [2.75, 3.05) is 18.5 Å². The summed E-state index contributed by atoms with van der Waals surface area (Å²) in [5, 5.41) is 5.64. The molecule has 128 valence electrons. The van der Waals surface area contributed by atoms with Gasteiger partial charge in [0.25, 0.3) is 0 Å². The normalized spacial score (nSPS) is 19.3. The van der Waals surface area contributed by atoms with Gasteiger partial charge in [-0.25, -0.2) is 4.79 Å². The largest absolute Gasteiger partial charge is 0.376 e. The number of carbonyl (C=O) groups is 1. The first-order chi connectivity index (χ1) is 10.8. The molecule has 1 aliphatic rings. The highest BCUT2D eigenvalue weighted by Crippen LogP contribution is 2.18. The lowest BCUT2D eigenvalue weighted by atomic mass is 10.2. The molecule has 1 aromatic carbocycles. The van der Waals surface area contributed by atoms with Crippen LogP contribution in [0.1, 0.15) is 39.2 Å². The van der Waals surface area contributed by atoms with Gasteiger partial charge in [-0.05, 0) is 51.3 Å². The summed E-state index contributed by atoms with van der Waals surface area (Å²) in [6, 6.07) is 7.25. The number of anilines is 1. The first-order valence-electron chi connectivity index (χ1n) is 7.98. The van der Waals surface area contributed by atoms with Crippen molar-refractivity contribution in [3.05, 3.63) is 29.8 Å². The molecule has 23 heavy (non-hydrogen) atoms. The number of amides is 2. The molecule has 2 atom stereocenters. The highest BCUT2D eigenvalue weighted by Gasteiger charge is 2.20. The van der Waals surface area contributed by atoms with Crippen molar-refractivity contribution in [1.82, 2.24) is 5.32 Å². The lowest BCUT2D eigenvalue weighted by Crippen LogP contribution is -2.35. The summed E-state index contributed by atoms with van der Waals surface area (Å²) in [5.74, 6) is 0.483. The van der Waals surface area contributed by atoms with Crippen LogP contribution >= 0.6 is 0 Å². The van der Waals surface area contributed by atoms with Gasteiger partial charge < -0.3 is 15.4 Å². The molecule has 0 bridgehead atoms. The third-order valence-electron chi connectivity index (χ3n) is 3.68. The molecule has 5 nitrogen and oxygen atoms in total. The van der Waals surface area contributed by atoms with Crippen LogP contribution in [0.2, 0.25) is 0 Å². The average Bonchev–Trinajstić information content (AvgIpc) is 2.98.